The lowest BCUT2D eigenvalue weighted by Gasteiger charge is -2.25. The summed E-state index contributed by atoms with van der Waals surface area (Å²) in [5, 5.41) is 15.1. The quantitative estimate of drug-likeness (QED) is 0.621. The Morgan fingerprint density at radius 2 is 2.07 bits per heavy atom. The lowest BCUT2D eigenvalue weighted by atomic mass is 9.82. The fourth-order valence-electron chi connectivity index (χ4n) is 3.88. The van der Waals surface area contributed by atoms with Gasteiger partial charge in [0.2, 0.25) is 0 Å². The van der Waals surface area contributed by atoms with Crippen LogP contribution in [0.3, 0.4) is 0 Å². The number of rotatable bonds is 4. The molecule has 0 saturated carbocycles. The summed E-state index contributed by atoms with van der Waals surface area (Å²) < 4.78 is 7.04. The smallest absolute Gasteiger partial charge is 0.356 e. The molecule has 28 heavy (non-hydrogen) atoms. The van der Waals surface area contributed by atoms with Gasteiger partial charge in [0.05, 0.1) is 23.5 Å². The Morgan fingerprint density at radius 1 is 1.25 bits per heavy atom. The molecule has 0 radical (unpaired) electrons. The molecular formula is C21H18Cl2N2O3. The van der Waals surface area contributed by atoms with Gasteiger partial charge in [-0.05, 0) is 55.2 Å². The van der Waals surface area contributed by atoms with Crippen LogP contribution < -0.4 is 4.74 Å². The van der Waals surface area contributed by atoms with Gasteiger partial charge in [-0.1, -0.05) is 35.3 Å². The SMILES string of the molecule is COc1cccc(C2CCCc3c(C(=O)O)nn(-c4ccc(Cl)cc4Cl)c32)c1. The van der Waals surface area contributed by atoms with E-state index in [-0.39, 0.29) is 11.6 Å². The molecule has 2 aromatic carbocycles. The summed E-state index contributed by atoms with van der Waals surface area (Å²) in [6.07, 6.45) is 2.44. The van der Waals surface area contributed by atoms with Crippen molar-refractivity contribution >= 4 is 29.2 Å². The molecule has 1 heterocycles. The van der Waals surface area contributed by atoms with Crippen molar-refractivity contribution in [2.75, 3.05) is 7.11 Å². The maximum absolute atomic E-state index is 11.9. The maximum atomic E-state index is 11.9. The molecule has 0 saturated heterocycles. The van der Waals surface area contributed by atoms with Gasteiger partial charge in [0.15, 0.2) is 5.69 Å². The highest BCUT2D eigenvalue weighted by Crippen LogP contribution is 2.41. The molecule has 0 aliphatic heterocycles. The van der Waals surface area contributed by atoms with E-state index in [1.165, 1.54) is 0 Å². The number of aromatic carboxylic acids is 1. The average molecular weight is 417 g/mol. The number of fused-ring (bicyclic) bond motifs is 1. The number of carbonyl (C=O) groups is 1. The Balaban J connectivity index is 1.95. The second-order valence-corrected chi connectivity index (χ2v) is 7.59. The molecule has 1 aliphatic carbocycles. The van der Waals surface area contributed by atoms with Crippen LogP contribution in [0.2, 0.25) is 10.0 Å². The van der Waals surface area contributed by atoms with E-state index in [1.54, 1.807) is 30.0 Å². The summed E-state index contributed by atoms with van der Waals surface area (Å²) in [4.78, 5) is 11.9. The van der Waals surface area contributed by atoms with Gasteiger partial charge in [-0.15, -0.1) is 0 Å². The third-order valence-corrected chi connectivity index (χ3v) is 5.65. The largest absolute Gasteiger partial charge is 0.497 e. The molecular weight excluding hydrogens is 399 g/mol. The lowest BCUT2D eigenvalue weighted by molar-refractivity contribution is 0.0688. The fraction of sp³-hybridized carbons (Fsp3) is 0.238. The molecule has 1 unspecified atom stereocenters. The van der Waals surface area contributed by atoms with Gasteiger partial charge in [0, 0.05) is 16.5 Å². The van der Waals surface area contributed by atoms with Gasteiger partial charge in [0.1, 0.15) is 5.75 Å². The number of aromatic nitrogens is 2. The zero-order valence-corrected chi connectivity index (χ0v) is 16.7. The summed E-state index contributed by atoms with van der Waals surface area (Å²) in [6.45, 7) is 0. The molecule has 7 heteroatoms. The molecule has 0 bridgehead atoms. The van der Waals surface area contributed by atoms with Crippen molar-refractivity contribution in [3.05, 3.63) is 75.0 Å². The van der Waals surface area contributed by atoms with Crippen LogP contribution in [-0.2, 0) is 6.42 Å². The van der Waals surface area contributed by atoms with Crippen molar-refractivity contribution in [3.8, 4) is 11.4 Å². The summed E-state index contributed by atoms with van der Waals surface area (Å²) in [5.74, 6) is -0.281. The molecule has 1 aliphatic rings. The van der Waals surface area contributed by atoms with Gasteiger partial charge >= 0.3 is 5.97 Å². The number of halogens is 2. The number of carboxylic acids is 1. The van der Waals surface area contributed by atoms with E-state index < -0.39 is 5.97 Å². The standard InChI is InChI=1S/C21H18Cl2N2O3/c1-28-14-5-2-4-12(10-14)15-6-3-7-16-19(21(26)27)24-25(20(15)16)18-9-8-13(22)11-17(18)23/h2,4-5,8-11,15H,3,6-7H2,1H3,(H,26,27). The van der Waals surface area contributed by atoms with E-state index in [0.717, 1.165) is 35.4 Å². The first-order chi connectivity index (χ1) is 13.5. The summed E-state index contributed by atoms with van der Waals surface area (Å²) in [6, 6.07) is 13.0. The van der Waals surface area contributed by atoms with Crippen molar-refractivity contribution in [2.24, 2.45) is 0 Å². The Labute approximate surface area is 172 Å². The monoisotopic (exact) mass is 416 g/mol. The third kappa shape index (κ3) is 3.25. The van der Waals surface area contributed by atoms with E-state index in [9.17, 15) is 9.90 Å². The zero-order valence-electron chi connectivity index (χ0n) is 15.2. The first-order valence-corrected chi connectivity index (χ1v) is 9.69. The van der Waals surface area contributed by atoms with Gasteiger partial charge in [-0.25, -0.2) is 9.48 Å². The molecule has 1 atom stereocenters. The minimum absolute atomic E-state index is 0.00815. The normalized spacial score (nSPS) is 15.9. The van der Waals surface area contributed by atoms with E-state index in [4.69, 9.17) is 27.9 Å². The van der Waals surface area contributed by atoms with Crippen LogP contribution in [0.4, 0.5) is 0 Å². The molecule has 3 aromatic rings. The highest BCUT2D eigenvalue weighted by molar-refractivity contribution is 6.35. The van der Waals surface area contributed by atoms with E-state index in [2.05, 4.69) is 5.10 Å². The van der Waals surface area contributed by atoms with Crippen LogP contribution in [0, 0.1) is 0 Å². The topological polar surface area (TPSA) is 64.3 Å². The van der Waals surface area contributed by atoms with Crippen LogP contribution in [0.25, 0.3) is 5.69 Å². The minimum atomic E-state index is -1.04. The number of hydrogen-bond donors (Lipinski definition) is 1. The lowest BCUT2D eigenvalue weighted by Crippen LogP contribution is -2.16. The number of carboxylic acid groups (broad SMARTS) is 1. The Bertz CT molecular complexity index is 1060. The van der Waals surface area contributed by atoms with Gasteiger partial charge in [0.25, 0.3) is 0 Å². The van der Waals surface area contributed by atoms with Crippen LogP contribution in [0.15, 0.2) is 42.5 Å². The Kier molecular flexibility index (Phi) is 5.04. The van der Waals surface area contributed by atoms with E-state index in [1.807, 2.05) is 24.3 Å². The molecule has 1 aromatic heterocycles. The predicted octanol–water partition coefficient (Wildman–Crippen LogP) is 5.35. The summed E-state index contributed by atoms with van der Waals surface area (Å²) in [5.41, 5.74) is 3.38. The second kappa shape index (κ2) is 7.49. The first kappa shape index (κ1) is 18.8. The van der Waals surface area contributed by atoms with Crippen molar-refractivity contribution in [1.82, 2.24) is 9.78 Å². The van der Waals surface area contributed by atoms with Gasteiger partial charge in [-0.2, -0.15) is 5.10 Å². The van der Waals surface area contributed by atoms with E-state index >= 15 is 0 Å². The van der Waals surface area contributed by atoms with Crippen molar-refractivity contribution in [2.45, 2.75) is 25.2 Å². The molecule has 4 rings (SSSR count). The highest BCUT2D eigenvalue weighted by Gasteiger charge is 2.33. The summed E-state index contributed by atoms with van der Waals surface area (Å²) in [7, 11) is 1.63. The second-order valence-electron chi connectivity index (χ2n) is 6.75. The Hall–Kier alpha value is -2.50. The van der Waals surface area contributed by atoms with Crippen molar-refractivity contribution < 1.29 is 14.6 Å². The molecule has 144 valence electrons. The summed E-state index contributed by atoms with van der Waals surface area (Å²) >= 11 is 12.5. The van der Waals surface area contributed by atoms with Crippen molar-refractivity contribution in [3.63, 3.8) is 0 Å². The fourth-order valence-corrected chi connectivity index (χ4v) is 4.37. The van der Waals surface area contributed by atoms with Gasteiger partial charge in [-0.3, -0.25) is 0 Å². The van der Waals surface area contributed by atoms with Crippen LogP contribution in [0.1, 0.15) is 46.1 Å². The number of methoxy groups -OCH3 is 1. The third-order valence-electron chi connectivity index (χ3n) is 5.11. The van der Waals surface area contributed by atoms with Crippen LogP contribution >= 0.6 is 23.2 Å². The van der Waals surface area contributed by atoms with Crippen LogP contribution in [0.5, 0.6) is 5.75 Å². The first-order valence-electron chi connectivity index (χ1n) is 8.94. The number of hydrogen-bond acceptors (Lipinski definition) is 3. The average Bonchev–Trinajstić information content (AvgIpc) is 3.08. The number of benzene rings is 2. The maximum Gasteiger partial charge on any atom is 0.356 e. The molecule has 0 amide bonds. The minimum Gasteiger partial charge on any atom is -0.497 e. The predicted molar refractivity (Wildman–Crippen MR) is 108 cm³/mol. The van der Waals surface area contributed by atoms with Gasteiger partial charge < -0.3 is 9.84 Å². The number of ether oxygens (including phenoxy) is 1. The molecule has 0 spiro atoms. The zero-order chi connectivity index (χ0) is 19.8. The van der Waals surface area contributed by atoms with Crippen LogP contribution in [-0.4, -0.2) is 28.0 Å². The Morgan fingerprint density at radius 3 is 2.79 bits per heavy atom. The number of nitrogens with zero attached hydrogens (tertiary/aromatic N) is 2. The molecule has 1 N–H and O–H groups in total. The molecule has 5 nitrogen and oxygen atoms in total. The van der Waals surface area contributed by atoms with Crippen molar-refractivity contribution in [1.29, 1.82) is 0 Å². The van der Waals surface area contributed by atoms with E-state index in [0.29, 0.717) is 22.2 Å². The molecule has 0 fully saturated rings. The highest BCUT2D eigenvalue weighted by atomic mass is 35.5.